The second-order valence-electron chi connectivity index (χ2n) is 4.46. The molecular formula is C12H17Cl2NO2. The highest BCUT2D eigenvalue weighted by atomic mass is 35.5. The monoisotopic (exact) mass is 277 g/mol. The van der Waals surface area contributed by atoms with E-state index in [4.69, 9.17) is 23.2 Å². The molecule has 3 nitrogen and oxygen atoms in total. The number of phenols is 1. The minimum atomic E-state index is -0.184. The van der Waals surface area contributed by atoms with Gasteiger partial charge in [0, 0.05) is 17.6 Å². The minimum Gasteiger partial charge on any atom is -0.505 e. The second kappa shape index (κ2) is 5.80. The topological polar surface area (TPSA) is 52.5 Å². The molecule has 0 spiro atoms. The Kier molecular flexibility index (Phi) is 4.92. The van der Waals surface area contributed by atoms with Gasteiger partial charge in [-0.25, -0.2) is 0 Å². The zero-order valence-electron chi connectivity index (χ0n) is 9.93. The maximum atomic E-state index is 9.42. The number of phenolic OH excluding ortho intramolecular Hbond substituents is 1. The molecule has 0 aliphatic carbocycles. The van der Waals surface area contributed by atoms with Crippen LogP contribution in [0.3, 0.4) is 0 Å². The fraction of sp³-hybridized carbons (Fsp3) is 0.500. The van der Waals surface area contributed by atoms with Crippen molar-refractivity contribution in [2.75, 3.05) is 18.5 Å². The number of hydrogen-bond acceptors (Lipinski definition) is 3. The Labute approximate surface area is 111 Å². The SMILES string of the molecule is CCC(C)(CO)CNc1cc(Cl)c(O)c(Cl)c1. The van der Waals surface area contributed by atoms with Crippen molar-refractivity contribution in [3.63, 3.8) is 0 Å². The first-order valence-corrected chi connectivity index (χ1v) is 6.20. The van der Waals surface area contributed by atoms with Gasteiger partial charge < -0.3 is 15.5 Å². The van der Waals surface area contributed by atoms with Gasteiger partial charge in [0.25, 0.3) is 0 Å². The molecule has 0 radical (unpaired) electrons. The molecule has 1 rings (SSSR count). The molecule has 0 aliphatic rings. The lowest BCUT2D eigenvalue weighted by Gasteiger charge is -2.26. The van der Waals surface area contributed by atoms with E-state index in [2.05, 4.69) is 5.32 Å². The molecule has 0 fully saturated rings. The first-order chi connectivity index (χ1) is 7.91. The molecule has 5 heteroatoms. The lowest BCUT2D eigenvalue weighted by Crippen LogP contribution is -2.29. The molecule has 1 aromatic rings. The lowest BCUT2D eigenvalue weighted by atomic mass is 9.88. The summed E-state index contributed by atoms with van der Waals surface area (Å²) >= 11 is 11.6. The highest BCUT2D eigenvalue weighted by molar-refractivity contribution is 6.37. The van der Waals surface area contributed by atoms with Crippen LogP contribution in [0.2, 0.25) is 10.0 Å². The Balaban J connectivity index is 2.76. The van der Waals surface area contributed by atoms with Crippen molar-refractivity contribution in [3.05, 3.63) is 22.2 Å². The van der Waals surface area contributed by atoms with E-state index in [-0.39, 0.29) is 27.8 Å². The lowest BCUT2D eigenvalue weighted by molar-refractivity contribution is 0.149. The number of benzene rings is 1. The van der Waals surface area contributed by atoms with Gasteiger partial charge >= 0.3 is 0 Å². The minimum absolute atomic E-state index is 0.107. The molecule has 96 valence electrons. The molecular weight excluding hydrogens is 261 g/mol. The highest BCUT2D eigenvalue weighted by Gasteiger charge is 2.20. The van der Waals surface area contributed by atoms with E-state index in [1.165, 1.54) is 0 Å². The summed E-state index contributed by atoms with van der Waals surface area (Å²) in [7, 11) is 0. The van der Waals surface area contributed by atoms with Crippen LogP contribution in [0.5, 0.6) is 5.75 Å². The smallest absolute Gasteiger partial charge is 0.152 e. The Bertz CT molecular complexity index is 369. The van der Waals surface area contributed by atoms with Gasteiger partial charge in [-0.1, -0.05) is 37.0 Å². The first-order valence-electron chi connectivity index (χ1n) is 5.44. The van der Waals surface area contributed by atoms with E-state index < -0.39 is 0 Å². The van der Waals surface area contributed by atoms with E-state index in [1.807, 2.05) is 13.8 Å². The van der Waals surface area contributed by atoms with Crippen LogP contribution in [0.15, 0.2) is 12.1 Å². The Hall–Kier alpha value is -0.640. The number of anilines is 1. The van der Waals surface area contributed by atoms with Crippen molar-refractivity contribution in [1.29, 1.82) is 0 Å². The summed E-state index contributed by atoms with van der Waals surface area (Å²) in [5.41, 5.74) is 0.544. The number of hydrogen-bond donors (Lipinski definition) is 3. The van der Waals surface area contributed by atoms with Gasteiger partial charge in [-0.05, 0) is 18.6 Å². The maximum Gasteiger partial charge on any atom is 0.152 e. The van der Waals surface area contributed by atoms with E-state index >= 15 is 0 Å². The molecule has 1 aromatic carbocycles. The summed E-state index contributed by atoms with van der Waals surface area (Å²) in [6, 6.07) is 3.21. The van der Waals surface area contributed by atoms with Crippen molar-refractivity contribution in [3.8, 4) is 5.75 Å². The van der Waals surface area contributed by atoms with E-state index in [0.717, 1.165) is 12.1 Å². The zero-order valence-corrected chi connectivity index (χ0v) is 11.4. The van der Waals surface area contributed by atoms with E-state index in [0.29, 0.717) is 6.54 Å². The van der Waals surface area contributed by atoms with Crippen LogP contribution in [-0.2, 0) is 0 Å². The molecule has 17 heavy (non-hydrogen) atoms. The summed E-state index contributed by atoms with van der Waals surface area (Å²) in [4.78, 5) is 0. The Morgan fingerprint density at radius 1 is 1.29 bits per heavy atom. The van der Waals surface area contributed by atoms with Crippen LogP contribution in [0, 0.1) is 5.41 Å². The van der Waals surface area contributed by atoms with Crippen molar-refractivity contribution in [2.45, 2.75) is 20.3 Å². The molecule has 0 aliphatic heterocycles. The summed E-state index contributed by atoms with van der Waals surface area (Å²) in [5, 5.41) is 22.3. The van der Waals surface area contributed by atoms with Gasteiger partial charge in [0.05, 0.1) is 16.7 Å². The average Bonchev–Trinajstić information content (AvgIpc) is 2.32. The quantitative estimate of drug-likeness (QED) is 0.722. The van der Waals surface area contributed by atoms with Crippen molar-refractivity contribution in [1.82, 2.24) is 0 Å². The third-order valence-corrected chi connectivity index (χ3v) is 3.55. The van der Waals surface area contributed by atoms with Crippen LogP contribution in [-0.4, -0.2) is 23.4 Å². The number of aliphatic hydroxyl groups is 1. The fourth-order valence-electron chi connectivity index (χ4n) is 1.28. The fourth-order valence-corrected chi connectivity index (χ4v) is 1.76. The molecule has 0 heterocycles. The number of aromatic hydroxyl groups is 1. The largest absolute Gasteiger partial charge is 0.505 e. The highest BCUT2D eigenvalue weighted by Crippen LogP contribution is 2.35. The van der Waals surface area contributed by atoms with Crippen molar-refractivity contribution in [2.24, 2.45) is 5.41 Å². The van der Waals surface area contributed by atoms with Gasteiger partial charge in [-0.3, -0.25) is 0 Å². The van der Waals surface area contributed by atoms with Crippen LogP contribution < -0.4 is 5.32 Å². The predicted octanol–water partition coefficient (Wildman–Crippen LogP) is 3.52. The van der Waals surface area contributed by atoms with E-state index in [1.54, 1.807) is 12.1 Å². The number of halogens is 2. The molecule has 0 amide bonds. The van der Waals surface area contributed by atoms with Crippen LogP contribution >= 0.6 is 23.2 Å². The molecule has 0 bridgehead atoms. The molecule has 0 aromatic heterocycles. The third kappa shape index (κ3) is 3.66. The Morgan fingerprint density at radius 2 is 1.82 bits per heavy atom. The standard InChI is InChI=1S/C12H17Cl2NO2/c1-3-12(2,7-16)6-15-8-4-9(13)11(17)10(14)5-8/h4-5,15-17H,3,6-7H2,1-2H3. The van der Waals surface area contributed by atoms with Crippen molar-refractivity contribution < 1.29 is 10.2 Å². The molecule has 3 N–H and O–H groups in total. The second-order valence-corrected chi connectivity index (χ2v) is 5.28. The number of nitrogens with one attached hydrogen (secondary N) is 1. The zero-order chi connectivity index (χ0) is 13.1. The van der Waals surface area contributed by atoms with Gasteiger partial charge in [0.2, 0.25) is 0 Å². The number of rotatable bonds is 5. The normalized spacial score (nSPS) is 14.4. The summed E-state index contributed by atoms with van der Waals surface area (Å²) < 4.78 is 0. The number of aliphatic hydroxyl groups excluding tert-OH is 1. The molecule has 1 atom stereocenters. The van der Waals surface area contributed by atoms with Gasteiger partial charge in [-0.2, -0.15) is 0 Å². The van der Waals surface area contributed by atoms with Gasteiger partial charge in [-0.15, -0.1) is 0 Å². The summed E-state index contributed by atoms with van der Waals surface area (Å²) in [6.07, 6.45) is 0.857. The van der Waals surface area contributed by atoms with Crippen LogP contribution in [0.1, 0.15) is 20.3 Å². The molecule has 0 saturated carbocycles. The van der Waals surface area contributed by atoms with Crippen molar-refractivity contribution >= 4 is 28.9 Å². The predicted molar refractivity (Wildman–Crippen MR) is 72.1 cm³/mol. The Morgan fingerprint density at radius 3 is 2.24 bits per heavy atom. The molecule has 0 saturated heterocycles. The summed E-state index contributed by atoms with van der Waals surface area (Å²) in [6.45, 7) is 4.73. The summed E-state index contributed by atoms with van der Waals surface area (Å²) in [5.74, 6) is -0.112. The van der Waals surface area contributed by atoms with E-state index in [9.17, 15) is 10.2 Å². The van der Waals surface area contributed by atoms with Gasteiger partial charge in [0.1, 0.15) is 0 Å². The average molecular weight is 278 g/mol. The third-order valence-electron chi connectivity index (χ3n) is 2.97. The molecule has 1 unspecified atom stereocenters. The maximum absolute atomic E-state index is 9.42. The first kappa shape index (κ1) is 14.4. The van der Waals surface area contributed by atoms with Crippen LogP contribution in [0.25, 0.3) is 0 Å². The van der Waals surface area contributed by atoms with Gasteiger partial charge in [0.15, 0.2) is 5.75 Å². The van der Waals surface area contributed by atoms with Crippen LogP contribution in [0.4, 0.5) is 5.69 Å².